The summed E-state index contributed by atoms with van der Waals surface area (Å²) in [5.41, 5.74) is 1.28. The van der Waals surface area contributed by atoms with Gasteiger partial charge in [-0.25, -0.2) is 0 Å². The fourth-order valence-corrected chi connectivity index (χ4v) is 2.38. The number of benzene rings is 1. The first-order valence-electron chi connectivity index (χ1n) is 5.31. The Morgan fingerprint density at radius 1 is 1.24 bits per heavy atom. The predicted octanol–water partition coefficient (Wildman–Crippen LogP) is 3.89. The third kappa shape index (κ3) is 2.58. The topological polar surface area (TPSA) is 12.0 Å². The van der Waals surface area contributed by atoms with Crippen LogP contribution >= 0.6 is 12.4 Å². The zero-order chi connectivity index (χ0) is 11.9. The van der Waals surface area contributed by atoms with E-state index < -0.39 is 11.7 Å². The maximum absolute atomic E-state index is 12.5. The number of alkyl halides is 3. The van der Waals surface area contributed by atoms with E-state index in [0.717, 1.165) is 17.5 Å². The quantitative estimate of drug-likeness (QED) is 0.812. The van der Waals surface area contributed by atoms with Gasteiger partial charge in [0.25, 0.3) is 0 Å². The maximum atomic E-state index is 12.5. The lowest BCUT2D eigenvalue weighted by atomic mass is 10.0. The lowest BCUT2D eigenvalue weighted by Gasteiger charge is -2.12. The van der Waals surface area contributed by atoms with Crippen molar-refractivity contribution in [2.24, 2.45) is 0 Å². The minimum absolute atomic E-state index is 0. The molecule has 5 heteroatoms. The smallest absolute Gasteiger partial charge is 0.313 e. The van der Waals surface area contributed by atoms with Gasteiger partial charge in [0.2, 0.25) is 0 Å². The molecule has 0 bridgehead atoms. The highest BCUT2D eigenvalue weighted by Crippen LogP contribution is 2.42. The zero-order valence-corrected chi connectivity index (χ0v) is 10.5. The van der Waals surface area contributed by atoms with Crippen molar-refractivity contribution in [2.45, 2.75) is 31.5 Å². The first kappa shape index (κ1) is 14.3. The molecule has 1 N–H and O–H groups in total. The molecular formula is C12H15ClF3N. The molecule has 0 heterocycles. The van der Waals surface area contributed by atoms with Crippen molar-refractivity contribution >= 4 is 12.4 Å². The average Bonchev–Trinajstić information content (AvgIpc) is 2.54. The Kier molecular flexibility index (Phi) is 4.10. The van der Waals surface area contributed by atoms with Crippen molar-refractivity contribution in [3.63, 3.8) is 0 Å². The zero-order valence-electron chi connectivity index (χ0n) is 9.64. The SMILES string of the molecule is CN[C@@H]1C[C@@H](C)c2cc(C(F)(F)F)ccc21.Cl. The summed E-state index contributed by atoms with van der Waals surface area (Å²) < 4.78 is 37.6. The Morgan fingerprint density at radius 2 is 1.88 bits per heavy atom. The minimum Gasteiger partial charge on any atom is -0.313 e. The fraction of sp³-hybridized carbons (Fsp3) is 0.500. The lowest BCUT2D eigenvalue weighted by molar-refractivity contribution is -0.137. The molecule has 1 aliphatic carbocycles. The Bertz CT molecular complexity index is 403. The van der Waals surface area contributed by atoms with Gasteiger partial charge in [0.05, 0.1) is 5.56 Å². The van der Waals surface area contributed by atoms with Crippen LogP contribution < -0.4 is 5.32 Å². The molecule has 1 aromatic rings. The number of halogens is 4. The first-order valence-corrected chi connectivity index (χ1v) is 5.31. The molecule has 0 saturated carbocycles. The lowest BCUT2D eigenvalue weighted by Crippen LogP contribution is -2.13. The molecule has 0 fully saturated rings. The largest absolute Gasteiger partial charge is 0.416 e. The number of nitrogens with one attached hydrogen (secondary N) is 1. The number of hydrogen-bond donors (Lipinski definition) is 1. The Labute approximate surface area is 105 Å². The van der Waals surface area contributed by atoms with Gasteiger partial charge >= 0.3 is 6.18 Å². The number of rotatable bonds is 1. The van der Waals surface area contributed by atoms with Gasteiger partial charge in [0.15, 0.2) is 0 Å². The molecule has 96 valence electrons. The molecule has 0 aromatic heterocycles. The fourth-order valence-electron chi connectivity index (χ4n) is 2.38. The first-order chi connectivity index (χ1) is 7.43. The Balaban J connectivity index is 0.00000144. The molecule has 0 amide bonds. The predicted molar refractivity (Wildman–Crippen MR) is 63.5 cm³/mol. The van der Waals surface area contributed by atoms with Crippen molar-refractivity contribution in [3.8, 4) is 0 Å². The molecule has 1 aromatic carbocycles. The van der Waals surface area contributed by atoms with Gasteiger partial charge in [0, 0.05) is 6.04 Å². The van der Waals surface area contributed by atoms with E-state index in [0.29, 0.717) is 0 Å². The second-order valence-corrected chi connectivity index (χ2v) is 4.32. The summed E-state index contributed by atoms with van der Waals surface area (Å²) in [4.78, 5) is 0. The van der Waals surface area contributed by atoms with Crippen LogP contribution in [0.1, 0.15) is 42.0 Å². The van der Waals surface area contributed by atoms with E-state index in [1.165, 1.54) is 12.1 Å². The van der Waals surface area contributed by atoms with Crippen molar-refractivity contribution in [3.05, 3.63) is 34.9 Å². The molecule has 0 radical (unpaired) electrons. The summed E-state index contributed by atoms with van der Waals surface area (Å²) in [6.45, 7) is 1.97. The van der Waals surface area contributed by atoms with Gasteiger partial charge in [-0.2, -0.15) is 13.2 Å². The van der Waals surface area contributed by atoms with E-state index in [4.69, 9.17) is 0 Å². The average molecular weight is 266 g/mol. The second-order valence-electron chi connectivity index (χ2n) is 4.32. The van der Waals surface area contributed by atoms with Crippen LogP contribution in [0.5, 0.6) is 0 Å². The van der Waals surface area contributed by atoms with Crippen LogP contribution in [0.3, 0.4) is 0 Å². The van der Waals surface area contributed by atoms with E-state index in [1.54, 1.807) is 6.07 Å². The number of fused-ring (bicyclic) bond motifs is 1. The van der Waals surface area contributed by atoms with Gasteiger partial charge in [0.1, 0.15) is 0 Å². The highest BCUT2D eigenvalue weighted by atomic mass is 35.5. The molecule has 2 rings (SSSR count). The van der Waals surface area contributed by atoms with Crippen LogP contribution in [-0.2, 0) is 6.18 Å². The summed E-state index contributed by atoms with van der Waals surface area (Å²) in [6.07, 6.45) is -3.38. The molecule has 1 aliphatic rings. The van der Waals surface area contributed by atoms with Crippen molar-refractivity contribution in [2.75, 3.05) is 7.05 Å². The van der Waals surface area contributed by atoms with Crippen LogP contribution in [0, 0.1) is 0 Å². The molecule has 0 aliphatic heterocycles. The summed E-state index contributed by atoms with van der Waals surface area (Å²) in [5, 5.41) is 3.13. The maximum Gasteiger partial charge on any atom is 0.416 e. The van der Waals surface area contributed by atoms with E-state index in [1.807, 2.05) is 14.0 Å². The van der Waals surface area contributed by atoms with E-state index in [-0.39, 0.29) is 24.4 Å². The summed E-state index contributed by atoms with van der Waals surface area (Å²) >= 11 is 0. The number of hydrogen-bond acceptors (Lipinski definition) is 1. The highest BCUT2D eigenvalue weighted by Gasteiger charge is 2.34. The standard InChI is InChI=1S/C12H14F3N.ClH/c1-7-5-11(16-2)9-4-3-8(6-10(7)9)12(13,14)15;/h3-4,6-7,11,16H,5H2,1-2H3;1H/t7-,11-;/m1./s1. The highest BCUT2D eigenvalue weighted by molar-refractivity contribution is 5.85. The normalized spacial score (nSPS) is 23.1. The van der Waals surface area contributed by atoms with E-state index in [2.05, 4.69) is 5.32 Å². The molecule has 0 spiro atoms. The van der Waals surface area contributed by atoms with Gasteiger partial charge in [-0.05, 0) is 42.6 Å². The van der Waals surface area contributed by atoms with Crippen LogP contribution in [0.4, 0.5) is 13.2 Å². The van der Waals surface area contributed by atoms with Gasteiger partial charge in [-0.15, -0.1) is 12.4 Å². The summed E-state index contributed by atoms with van der Waals surface area (Å²) in [7, 11) is 1.84. The Hall–Kier alpha value is -0.740. The molecular weight excluding hydrogens is 251 g/mol. The molecule has 1 nitrogen and oxygen atoms in total. The van der Waals surface area contributed by atoms with Crippen LogP contribution in [0.2, 0.25) is 0 Å². The van der Waals surface area contributed by atoms with Crippen LogP contribution in [-0.4, -0.2) is 7.05 Å². The monoisotopic (exact) mass is 265 g/mol. The van der Waals surface area contributed by atoms with E-state index >= 15 is 0 Å². The molecule has 0 saturated heterocycles. The van der Waals surface area contributed by atoms with Gasteiger partial charge < -0.3 is 5.32 Å². The van der Waals surface area contributed by atoms with Crippen molar-refractivity contribution in [1.82, 2.24) is 5.32 Å². The van der Waals surface area contributed by atoms with Gasteiger partial charge in [-0.3, -0.25) is 0 Å². The van der Waals surface area contributed by atoms with Gasteiger partial charge in [-0.1, -0.05) is 13.0 Å². The van der Waals surface area contributed by atoms with Crippen molar-refractivity contribution < 1.29 is 13.2 Å². The van der Waals surface area contributed by atoms with E-state index in [9.17, 15) is 13.2 Å². The Morgan fingerprint density at radius 3 is 2.41 bits per heavy atom. The minimum atomic E-state index is -4.24. The molecule has 2 atom stereocenters. The van der Waals surface area contributed by atoms with Crippen LogP contribution in [0.25, 0.3) is 0 Å². The molecule has 0 unspecified atom stereocenters. The summed E-state index contributed by atoms with van der Waals surface area (Å²) in [5.74, 6) is 0.190. The second kappa shape index (κ2) is 4.86. The summed E-state index contributed by atoms with van der Waals surface area (Å²) in [6, 6.07) is 4.24. The third-order valence-corrected chi connectivity index (χ3v) is 3.26. The van der Waals surface area contributed by atoms with Crippen molar-refractivity contribution in [1.29, 1.82) is 0 Å². The third-order valence-electron chi connectivity index (χ3n) is 3.26. The molecule has 17 heavy (non-hydrogen) atoms. The van der Waals surface area contributed by atoms with Crippen LogP contribution in [0.15, 0.2) is 18.2 Å².